The summed E-state index contributed by atoms with van der Waals surface area (Å²) in [6.07, 6.45) is 0. The van der Waals surface area contributed by atoms with Crippen LogP contribution in [0, 0.1) is 5.41 Å². The number of amides is 1. The lowest BCUT2D eigenvalue weighted by atomic mass is 9.91. The number of Topliss-reactive ketones (excluding diaryl/α,β-unsaturated/α-hetero) is 1. The zero-order chi connectivity index (χ0) is 20.5. The zero-order valence-electron chi connectivity index (χ0n) is 17.1. The summed E-state index contributed by atoms with van der Waals surface area (Å²) in [6.45, 7) is 9.76. The number of rotatable bonds is 5. The van der Waals surface area contributed by atoms with E-state index in [0.717, 1.165) is 5.56 Å². The Balaban J connectivity index is 1.80. The average Bonchev–Trinajstić information content (AvgIpc) is 2.62. The van der Waals surface area contributed by atoms with E-state index in [2.05, 4.69) is 0 Å². The summed E-state index contributed by atoms with van der Waals surface area (Å²) in [5.41, 5.74) is 0.266. The van der Waals surface area contributed by atoms with Gasteiger partial charge in [-0.1, -0.05) is 51.1 Å². The standard InChI is InChI=1S/C23H27NO4/c1-22(2,3)20(25)15-27-17-11-12-18-19(13-17)28-23(4,5)24(21(18)26)14-16-9-7-6-8-10-16/h6-13H,14-15H2,1-5H3. The van der Waals surface area contributed by atoms with E-state index in [9.17, 15) is 9.59 Å². The fourth-order valence-electron chi connectivity index (χ4n) is 2.96. The van der Waals surface area contributed by atoms with Crippen molar-refractivity contribution >= 4 is 11.7 Å². The molecule has 0 saturated heterocycles. The van der Waals surface area contributed by atoms with Gasteiger partial charge >= 0.3 is 0 Å². The molecule has 0 bridgehead atoms. The van der Waals surface area contributed by atoms with Crippen LogP contribution in [0.25, 0.3) is 0 Å². The summed E-state index contributed by atoms with van der Waals surface area (Å²) in [6, 6.07) is 14.9. The quantitative estimate of drug-likeness (QED) is 0.768. The molecule has 0 unspecified atom stereocenters. The Bertz CT molecular complexity index is 881. The molecule has 148 valence electrons. The molecule has 0 spiro atoms. The van der Waals surface area contributed by atoms with Crippen molar-refractivity contribution in [2.45, 2.75) is 46.9 Å². The van der Waals surface area contributed by atoms with Crippen LogP contribution in [0.3, 0.4) is 0 Å². The van der Waals surface area contributed by atoms with Gasteiger partial charge in [-0.3, -0.25) is 14.5 Å². The van der Waals surface area contributed by atoms with Crippen LogP contribution < -0.4 is 9.47 Å². The van der Waals surface area contributed by atoms with Crippen molar-refractivity contribution < 1.29 is 19.1 Å². The molecule has 1 amide bonds. The molecule has 3 rings (SSSR count). The minimum atomic E-state index is -0.806. The molecule has 0 aromatic heterocycles. The van der Waals surface area contributed by atoms with E-state index in [1.54, 1.807) is 23.1 Å². The first-order chi connectivity index (χ1) is 13.1. The second-order valence-corrected chi connectivity index (χ2v) is 8.55. The van der Waals surface area contributed by atoms with E-state index < -0.39 is 11.1 Å². The van der Waals surface area contributed by atoms with Gasteiger partial charge in [-0.05, 0) is 31.5 Å². The number of carbonyl (C=O) groups excluding carboxylic acids is 2. The van der Waals surface area contributed by atoms with E-state index in [4.69, 9.17) is 9.47 Å². The number of ketones is 1. The fourth-order valence-corrected chi connectivity index (χ4v) is 2.96. The second kappa shape index (κ2) is 7.30. The molecule has 0 aliphatic carbocycles. The number of hydrogen-bond acceptors (Lipinski definition) is 4. The summed E-state index contributed by atoms with van der Waals surface area (Å²) in [5, 5.41) is 0. The van der Waals surface area contributed by atoms with Gasteiger partial charge in [-0.15, -0.1) is 0 Å². The number of fused-ring (bicyclic) bond motifs is 1. The maximum absolute atomic E-state index is 13.1. The third kappa shape index (κ3) is 4.19. The molecule has 2 aromatic carbocycles. The predicted octanol–water partition coefficient (Wildman–Crippen LogP) is 4.45. The molecule has 0 radical (unpaired) electrons. The van der Waals surface area contributed by atoms with Crippen LogP contribution >= 0.6 is 0 Å². The number of benzene rings is 2. The normalized spacial score (nSPS) is 15.6. The average molecular weight is 381 g/mol. The van der Waals surface area contributed by atoms with E-state index in [1.165, 1.54) is 0 Å². The maximum Gasteiger partial charge on any atom is 0.260 e. The van der Waals surface area contributed by atoms with Gasteiger partial charge in [-0.25, -0.2) is 0 Å². The maximum atomic E-state index is 13.1. The lowest BCUT2D eigenvalue weighted by Gasteiger charge is -2.42. The van der Waals surface area contributed by atoms with Gasteiger partial charge in [-0.2, -0.15) is 0 Å². The lowest BCUT2D eigenvalue weighted by molar-refractivity contribution is -0.128. The SMILES string of the molecule is CC(C)(C)C(=O)COc1ccc2c(c1)OC(C)(C)N(Cc1ccccc1)C2=O. The van der Waals surface area contributed by atoms with Crippen LogP contribution in [0.1, 0.15) is 50.5 Å². The van der Waals surface area contributed by atoms with Gasteiger partial charge in [0, 0.05) is 18.0 Å². The van der Waals surface area contributed by atoms with Gasteiger partial charge in [0.25, 0.3) is 5.91 Å². The van der Waals surface area contributed by atoms with Crippen LogP contribution in [-0.2, 0) is 11.3 Å². The molecule has 0 fully saturated rings. The van der Waals surface area contributed by atoms with Crippen molar-refractivity contribution in [2.24, 2.45) is 5.41 Å². The fraction of sp³-hybridized carbons (Fsp3) is 0.391. The van der Waals surface area contributed by atoms with Gasteiger partial charge in [0.05, 0.1) is 5.56 Å². The van der Waals surface area contributed by atoms with Crippen molar-refractivity contribution in [3.8, 4) is 11.5 Å². The molecule has 5 heteroatoms. The Morgan fingerprint density at radius 1 is 1.11 bits per heavy atom. The highest BCUT2D eigenvalue weighted by Crippen LogP contribution is 2.36. The molecule has 1 heterocycles. The van der Waals surface area contributed by atoms with Gasteiger partial charge in [0.15, 0.2) is 11.5 Å². The molecule has 1 aliphatic heterocycles. The topological polar surface area (TPSA) is 55.8 Å². The first-order valence-corrected chi connectivity index (χ1v) is 9.43. The molecular formula is C23H27NO4. The minimum absolute atomic E-state index is 0.0107. The van der Waals surface area contributed by atoms with Crippen LogP contribution in [0.5, 0.6) is 11.5 Å². The highest BCUT2D eigenvalue weighted by molar-refractivity contribution is 5.98. The largest absolute Gasteiger partial charge is 0.486 e. The molecule has 0 N–H and O–H groups in total. The summed E-state index contributed by atoms with van der Waals surface area (Å²) < 4.78 is 11.8. The van der Waals surface area contributed by atoms with Crippen molar-refractivity contribution in [1.29, 1.82) is 0 Å². The van der Waals surface area contributed by atoms with Crippen molar-refractivity contribution in [3.63, 3.8) is 0 Å². The summed E-state index contributed by atoms with van der Waals surface area (Å²) in [7, 11) is 0. The first kappa shape index (κ1) is 19.9. The molecule has 5 nitrogen and oxygen atoms in total. The predicted molar refractivity (Wildman–Crippen MR) is 107 cm³/mol. The Morgan fingerprint density at radius 2 is 1.79 bits per heavy atom. The molecule has 1 aliphatic rings. The number of hydrogen-bond donors (Lipinski definition) is 0. The monoisotopic (exact) mass is 381 g/mol. The zero-order valence-corrected chi connectivity index (χ0v) is 17.1. The van der Waals surface area contributed by atoms with E-state index in [1.807, 2.05) is 65.0 Å². The third-order valence-electron chi connectivity index (χ3n) is 4.83. The molecule has 28 heavy (non-hydrogen) atoms. The smallest absolute Gasteiger partial charge is 0.260 e. The van der Waals surface area contributed by atoms with E-state index in [-0.39, 0.29) is 18.3 Å². The minimum Gasteiger partial charge on any atom is -0.486 e. The molecule has 0 atom stereocenters. The third-order valence-corrected chi connectivity index (χ3v) is 4.83. The van der Waals surface area contributed by atoms with Crippen LogP contribution in [0.15, 0.2) is 48.5 Å². The summed E-state index contributed by atoms with van der Waals surface area (Å²) in [4.78, 5) is 26.9. The Hall–Kier alpha value is -2.82. The first-order valence-electron chi connectivity index (χ1n) is 9.43. The van der Waals surface area contributed by atoms with Crippen molar-refractivity contribution in [1.82, 2.24) is 4.90 Å². The number of nitrogens with zero attached hydrogens (tertiary/aromatic N) is 1. The number of ether oxygens (including phenoxy) is 2. The van der Waals surface area contributed by atoms with Crippen molar-refractivity contribution in [2.75, 3.05) is 6.61 Å². The van der Waals surface area contributed by atoms with Crippen LogP contribution in [0.2, 0.25) is 0 Å². The highest BCUT2D eigenvalue weighted by atomic mass is 16.5. The Morgan fingerprint density at radius 3 is 2.43 bits per heavy atom. The van der Waals surface area contributed by atoms with Gasteiger partial charge in [0.1, 0.15) is 18.1 Å². The second-order valence-electron chi connectivity index (χ2n) is 8.55. The van der Waals surface area contributed by atoms with E-state index >= 15 is 0 Å². The van der Waals surface area contributed by atoms with Gasteiger partial charge in [0.2, 0.25) is 0 Å². The lowest BCUT2D eigenvalue weighted by Crippen LogP contribution is -2.54. The van der Waals surface area contributed by atoms with Crippen molar-refractivity contribution in [3.05, 3.63) is 59.7 Å². The van der Waals surface area contributed by atoms with Crippen LogP contribution in [-0.4, -0.2) is 28.9 Å². The molecular weight excluding hydrogens is 354 g/mol. The van der Waals surface area contributed by atoms with E-state index in [0.29, 0.717) is 23.6 Å². The Labute approximate surface area is 166 Å². The molecule has 0 saturated carbocycles. The molecule has 2 aromatic rings. The van der Waals surface area contributed by atoms with Crippen LogP contribution in [0.4, 0.5) is 0 Å². The Kier molecular flexibility index (Phi) is 5.20. The number of carbonyl (C=O) groups is 2. The highest BCUT2D eigenvalue weighted by Gasteiger charge is 2.40. The summed E-state index contributed by atoms with van der Waals surface area (Å²) >= 11 is 0. The van der Waals surface area contributed by atoms with Gasteiger partial charge < -0.3 is 9.47 Å². The summed E-state index contributed by atoms with van der Waals surface area (Å²) in [5.74, 6) is 0.903.